The molecule has 0 amide bonds. The van der Waals surface area contributed by atoms with Gasteiger partial charge < -0.3 is 0 Å². The number of carbonyl (C=O) groups excluding carboxylic acids is 2. The first-order chi connectivity index (χ1) is 12.0. The van der Waals surface area contributed by atoms with Crippen molar-refractivity contribution in [3.05, 3.63) is 79.1 Å². The van der Waals surface area contributed by atoms with E-state index >= 15 is 0 Å². The van der Waals surface area contributed by atoms with Gasteiger partial charge in [0.05, 0.1) is 0 Å². The van der Waals surface area contributed by atoms with Crippen molar-refractivity contribution in [2.45, 2.75) is 13.8 Å². The van der Waals surface area contributed by atoms with Crippen molar-refractivity contribution < 1.29 is 15.0 Å². The Hall–Kier alpha value is -2.22. The van der Waals surface area contributed by atoms with Gasteiger partial charge >= 0.3 is 154 Å². The molecule has 0 unspecified atom stereocenters. The van der Waals surface area contributed by atoms with Gasteiger partial charge in [-0.25, -0.2) is 0 Å². The van der Waals surface area contributed by atoms with Gasteiger partial charge in [-0.2, -0.15) is 0 Å². The van der Waals surface area contributed by atoms with E-state index in [1.807, 2.05) is 72.8 Å². The number of hydrogen-bond donors (Lipinski definition) is 0. The van der Waals surface area contributed by atoms with Crippen LogP contribution in [-0.2, 0) is 15.0 Å². The van der Waals surface area contributed by atoms with E-state index in [-0.39, 0.29) is 0 Å². The number of hydrogen-bond acceptors (Lipinski definition) is 4. The summed E-state index contributed by atoms with van der Waals surface area (Å²) in [6.07, 6.45) is 3.67. The second-order valence-electron chi connectivity index (χ2n) is 5.40. The minimum atomic E-state index is -4.39. The van der Waals surface area contributed by atoms with Gasteiger partial charge in [-0.3, -0.25) is 0 Å². The van der Waals surface area contributed by atoms with E-state index in [2.05, 4.69) is 0 Å². The van der Waals surface area contributed by atoms with Crippen LogP contribution in [0, 0.1) is 0 Å². The molecule has 2 rings (SSSR count). The van der Waals surface area contributed by atoms with Crippen LogP contribution in [0.3, 0.4) is 0 Å². The van der Waals surface area contributed by atoms with E-state index in [0.717, 1.165) is 11.1 Å². The predicted octanol–water partition coefficient (Wildman–Crippen LogP) is 4.06. The van der Waals surface area contributed by atoms with Crippen molar-refractivity contribution in [2.75, 3.05) is 0 Å². The van der Waals surface area contributed by atoms with Gasteiger partial charge in [0, 0.05) is 0 Å². The molecular formula is C20H20O4Pb. The van der Waals surface area contributed by atoms with Gasteiger partial charge in [0.2, 0.25) is 0 Å². The molecule has 4 nitrogen and oxygen atoms in total. The van der Waals surface area contributed by atoms with E-state index in [1.54, 1.807) is 7.27 Å². The molecule has 0 aliphatic rings. The van der Waals surface area contributed by atoms with Gasteiger partial charge in [-0.05, 0) is 0 Å². The number of carbonyl (C=O) groups is 2. The van der Waals surface area contributed by atoms with Crippen LogP contribution in [0.2, 0.25) is 0 Å². The van der Waals surface area contributed by atoms with Gasteiger partial charge in [0.25, 0.3) is 0 Å². The normalized spacial score (nSPS) is 11.6. The Bertz CT molecular complexity index is 699. The van der Waals surface area contributed by atoms with E-state index in [1.165, 1.54) is 13.8 Å². The molecule has 0 atom stereocenters. The quantitative estimate of drug-likeness (QED) is 0.528. The molecule has 0 heterocycles. The van der Waals surface area contributed by atoms with Crippen LogP contribution in [-0.4, -0.2) is 34.0 Å². The molecular weight excluding hydrogens is 511 g/mol. The minimum absolute atomic E-state index is 0.460. The Labute approximate surface area is 153 Å². The maximum absolute atomic E-state index is 11.6. The molecule has 25 heavy (non-hydrogen) atoms. The summed E-state index contributed by atoms with van der Waals surface area (Å²) >= 11 is -4.39. The summed E-state index contributed by atoms with van der Waals surface area (Å²) in [6, 6.07) is 19.2. The molecule has 0 aliphatic carbocycles. The first-order valence-corrected chi connectivity index (χ1v) is 15.5. The van der Waals surface area contributed by atoms with E-state index in [9.17, 15) is 9.59 Å². The molecule has 5 heteroatoms. The Balaban J connectivity index is 2.39. The van der Waals surface area contributed by atoms with Crippen molar-refractivity contribution in [3.8, 4) is 0 Å². The second kappa shape index (κ2) is 9.31. The Morgan fingerprint density at radius 3 is 1.40 bits per heavy atom. The zero-order chi connectivity index (χ0) is 18.1. The van der Waals surface area contributed by atoms with Crippen molar-refractivity contribution in [1.82, 2.24) is 0 Å². The van der Waals surface area contributed by atoms with E-state index < -0.39 is 34.0 Å². The van der Waals surface area contributed by atoms with Crippen LogP contribution >= 0.6 is 0 Å². The molecule has 2 aromatic carbocycles. The average Bonchev–Trinajstić information content (AvgIpc) is 2.59. The fourth-order valence-corrected chi connectivity index (χ4v) is 10.7. The Morgan fingerprint density at radius 1 is 0.720 bits per heavy atom. The van der Waals surface area contributed by atoms with Gasteiger partial charge in [0.15, 0.2) is 0 Å². The maximum atomic E-state index is 11.6. The third-order valence-corrected chi connectivity index (χ3v) is 12.8. The first-order valence-electron chi connectivity index (χ1n) is 7.87. The molecule has 0 aromatic heterocycles. The van der Waals surface area contributed by atoms with Crippen LogP contribution < -0.4 is 0 Å². The van der Waals surface area contributed by atoms with Crippen molar-refractivity contribution in [3.63, 3.8) is 0 Å². The molecule has 0 N–H and O–H groups in total. The molecule has 0 radical (unpaired) electrons. The van der Waals surface area contributed by atoms with Crippen LogP contribution in [0.5, 0.6) is 0 Å². The molecule has 0 saturated heterocycles. The van der Waals surface area contributed by atoms with Gasteiger partial charge in [-0.15, -0.1) is 0 Å². The van der Waals surface area contributed by atoms with Gasteiger partial charge in [0.1, 0.15) is 0 Å². The zero-order valence-electron chi connectivity index (χ0n) is 14.2. The third kappa shape index (κ3) is 6.66. The Kier molecular flexibility index (Phi) is 7.12. The van der Waals surface area contributed by atoms with E-state index in [0.29, 0.717) is 0 Å². The van der Waals surface area contributed by atoms with Crippen molar-refractivity contribution in [1.29, 1.82) is 0 Å². The first kappa shape index (κ1) is 19.1. The molecule has 2 aromatic rings. The van der Waals surface area contributed by atoms with Crippen LogP contribution in [0.4, 0.5) is 0 Å². The van der Waals surface area contributed by atoms with Crippen LogP contribution in [0.15, 0.2) is 67.9 Å². The SMILES string of the molecule is CC(=O)[O][Pb](/[CH]=C/c1ccccc1)(/[CH]=C/c1ccccc1)[O]C(C)=O. The fraction of sp³-hybridized carbons (Fsp3) is 0.100. The van der Waals surface area contributed by atoms with Gasteiger partial charge in [-0.1, -0.05) is 0 Å². The van der Waals surface area contributed by atoms with Crippen LogP contribution in [0.1, 0.15) is 25.0 Å². The molecule has 0 aliphatic heterocycles. The summed E-state index contributed by atoms with van der Waals surface area (Å²) < 4.78 is 14.7. The summed E-state index contributed by atoms with van der Waals surface area (Å²) in [5.41, 5.74) is 1.89. The summed E-state index contributed by atoms with van der Waals surface area (Å²) in [6.45, 7) is 2.65. The second-order valence-corrected chi connectivity index (χ2v) is 15.2. The predicted molar refractivity (Wildman–Crippen MR) is 100 cm³/mol. The average molecular weight is 532 g/mol. The number of benzene rings is 2. The fourth-order valence-electron chi connectivity index (χ4n) is 2.21. The summed E-state index contributed by atoms with van der Waals surface area (Å²) in [5.74, 6) is -0.920. The topological polar surface area (TPSA) is 52.6 Å². The monoisotopic (exact) mass is 532 g/mol. The zero-order valence-corrected chi connectivity index (χ0v) is 18.1. The summed E-state index contributed by atoms with van der Waals surface area (Å²) in [4.78, 5) is 23.3. The molecule has 0 saturated carbocycles. The Morgan fingerprint density at radius 2 is 1.08 bits per heavy atom. The summed E-state index contributed by atoms with van der Waals surface area (Å²) in [5, 5.41) is 0. The third-order valence-electron chi connectivity index (χ3n) is 3.22. The van der Waals surface area contributed by atoms with Crippen molar-refractivity contribution in [2.24, 2.45) is 0 Å². The van der Waals surface area contributed by atoms with E-state index in [4.69, 9.17) is 5.37 Å². The molecule has 0 spiro atoms. The standard InChI is InChI=1S/2C8H7.2C2H4O2.Pb/c2*1-2-8-6-4-3-5-7-8;2*1-2(3)4;/h2*1-7H;2*1H3,(H,3,4);/q;;;;+2/p-2. The molecule has 0 fully saturated rings. The van der Waals surface area contributed by atoms with Crippen molar-refractivity contribution >= 4 is 46.2 Å². The molecule has 128 valence electrons. The summed E-state index contributed by atoms with van der Waals surface area (Å²) in [7, 11) is 0. The number of rotatable bonds is 6. The van der Waals surface area contributed by atoms with Crippen LogP contribution in [0.25, 0.3) is 12.2 Å². The molecule has 0 bridgehead atoms.